The SMILES string of the molecule is Cc1nc(CN2CC(OCc3ccncc3)CN(Cc3sccc3C)CC2=O)cs1. The number of thiazole rings is 1. The van der Waals surface area contributed by atoms with Gasteiger partial charge in [-0.1, -0.05) is 0 Å². The van der Waals surface area contributed by atoms with Crippen LogP contribution < -0.4 is 0 Å². The monoisotopic (exact) mass is 442 g/mol. The largest absolute Gasteiger partial charge is 0.370 e. The first-order valence-electron chi connectivity index (χ1n) is 10.0. The summed E-state index contributed by atoms with van der Waals surface area (Å²) in [6.45, 7) is 7.62. The van der Waals surface area contributed by atoms with Crippen LogP contribution in [0.1, 0.15) is 26.7 Å². The Balaban J connectivity index is 1.48. The second-order valence-corrected chi connectivity index (χ2v) is 9.68. The molecule has 6 nitrogen and oxygen atoms in total. The van der Waals surface area contributed by atoms with Crippen LogP contribution in [0.5, 0.6) is 0 Å². The van der Waals surface area contributed by atoms with Crippen molar-refractivity contribution in [2.45, 2.75) is 39.6 Å². The van der Waals surface area contributed by atoms with Crippen LogP contribution in [0.4, 0.5) is 0 Å². The van der Waals surface area contributed by atoms with Gasteiger partial charge >= 0.3 is 0 Å². The van der Waals surface area contributed by atoms with Crippen LogP contribution in [0.2, 0.25) is 0 Å². The molecule has 30 heavy (non-hydrogen) atoms. The van der Waals surface area contributed by atoms with Gasteiger partial charge in [-0.05, 0) is 48.6 Å². The maximum absolute atomic E-state index is 13.1. The first kappa shape index (κ1) is 21.1. The van der Waals surface area contributed by atoms with Gasteiger partial charge in [-0.15, -0.1) is 22.7 Å². The summed E-state index contributed by atoms with van der Waals surface area (Å²) < 4.78 is 6.27. The molecule has 0 bridgehead atoms. The molecule has 158 valence electrons. The lowest BCUT2D eigenvalue weighted by molar-refractivity contribution is -0.132. The maximum atomic E-state index is 13.1. The number of amides is 1. The van der Waals surface area contributed by atoms with Crippen molar-refractivity contribution in [3.05, 3.63) is 68.1 Å². The summed E-state index contributed by atoms with van der Waals surface area (Å²) in [6.07, 6.45) is 3.49. The van der Waals surface area contributed by atoms with Crippen LogP contribution in [-0.2, 0) is 29.2 Å². The van der Waals surface area contributed by atoms with Gasteiger partial charge in [0.25, 0.3) is 0 Å². The lowest BCUT2D eigenvalue weighted by atomic mass is 10.2. The predicted molar refractivity (Wildman–Crippen MR) is 119 cm³/mol. The van der Waals surface area contributed by atoms with Crippen LogP contribution in [0.3, 0.4) is 0 Å². The number of ether oxygens (including phenoxy) is 1. The van der Waals surface area contributed by atoms with Crippen molar-refractivity contribution < 1.29 is 9.53 Å². The Kier molecular flexibility index (Phi) is 6.89. The lowest BCUT2D eigenvalue weighted by Gasteiger charge is -2.24. The topological polar surface area (TPSA) is 58.6 Å². The minimum atomic E-state index is -0.0652. The summed E-state index contributed by atoms with van der Waals surface area (Å²) >= 11 is 3.36. The van der Waals surface area contributed by atoms with Crippen molar-refractivity contribution >= 4 is 28.6 Å². The number of nitrogens with zero attached hydrogens (tertiary/aromatic N) is 4. The van der Waals surface area contributed by atoms with Gasteiger partial charge in [-0.3, -0.25) is 14.7 Å². The van der Waals surface area contributed by atoms with Crippen LogP contribution >= 0.6 is 22.7 Å². The molecule has 1 aliphatic rings. The molecule has 4 rings (SSSR count). The summed E-state index contributed by atoms with van der Waals surface area (Å²) in [5.74, 6) is 0.130. The molecule has 1 aliphatic heterocycles. The maximum Gasteiger partial charge on any atom is 0.237 e. The number of hydrogen-bond acceptors (Lipinski definition) is 7. The zero-order valence-corrected chi connectivity index (χ0v) is 18.9. The van der Waals surface area contributed by atoms with E-state index in [1.165, 1.54) is 10.4 Å². The van der Waals surface area contributed by atoms with Crippen molar-refractivity contribution in [3.8, 4) is 0 Å². The number of pyridine rings is 1. The summed E-state index contributed by atoms with van der Waals surface area (Å²) in [5.41, 5.74) is 3.31. The number of rotatable bonds is 7. The summed E-state index contributed by atoms with van der Waals surface area (Å²) in [7, 11) is 0. The molecule has 3 aromatic rings. The Bertz CT molecular complexity index is 972. The van der Waals surface area contributed by atoms with Gasteiger partial charge in [0.05, 0.1) is 36.5 Å². The van der Waals surface area contributed by atoms with E-state index in [4.69, 9.17) is 4.74 Å². The minimum Gasteiger partial charge on any atom is -0.370 e. The molecule has 8 heteroatoms. The Morgan fingerprint density at radius 3 is 2.67 bits per heavy atom. The molecule has 0 spiro atoms. The molecule has 1 unspecified atom stereocenters. The van der Waals surface area contributed by atoms with Gasteiger partial charge in [0, 0.05) is 42.3 Å². The van der Waals surface area contributed by atoms with Gasteiger partial charge in [-0.25, -0.2) is 4.98 Å². The highest BCUT2D eigenvalue weighted by Crippen LogP contribution is 2.21. The average Bonchev–Trinajstić information content (AvgIpc) is 3.29. The predicted octanol–water partition coefficient (Wildman–Crippen LogP) is 3.65. The number of carbonyl (C=O) groups excluding carboxylic acids is 1. The van der Waals surface area contributed by atoms with Crippen molar-refractivity contribution in [1.29, 1.82) is 0 Å². The molecule has 1 fully saturated rings. The van der Waals surface area contributed by atoms with Gasteiger partial charge in [0.1, 0.15) is 0 Å². The Hall–Kier alpha value is -2.13. The van der Waals surface area contributed by atoms with E-state index in [0.717, 1.165) is 29.4 Å². The molecule has 0 aliphatic carbocycles. The highest BCUT2D eigenvalue weighted by atomic mass is 32.1. The van der Waals surface area contributed by atoms with Crippen molar-refractivity contribution in [2.75, 3.05) is 19.6 Å². The number of carbonyl (C=O) groups is 1. The van der Waals surface area contributed by atoms with Crippen LogP contribution in [-0.4, -0.2) is 51.4 Å². The molecule has 0 N–H and O–H groups in total. The van der Waals surface area contributed by atoms with Crippen LogP contribution in [0.25, 0.3) is 0 Å². The lowest BCUT2D eigenvalue weighted by Crippen LogP contribution is -2.37. The third-order valence-electron chi connectivity index (χ3n) is 5.19. The Morgan fingerprint density at radius 1 is 1.13 bits per heavy atom. The Labute approximate surface area is 185 Å². The summed E-state index contributed by atoms with van der Waals surface area (Å²) in [6, 6.07) is 6.06. The normalized spacial score (nSPS) is 18.0. The molecule has 4 heterocycles. The fraction of sp³-hybridized carbons (Fsp3) is 0.409. The number of hydrogen-bond donors (Lipinski definition) is 0. The fourth-order valence-corrected chi connectivity index (χ4v) is 5.12. The van der Waals surface area contributed by atoms with E-state index in [1.807, 2.05) is 29.3 Å². The summed E-state index contributed by atoms with van der Waals surface area (Å²) in [4.78, 5) is 27.1. The molecular formula is C22H26N4O2S2. The number of thiophene rings is 1. The highest BCUT2D eigenvalue weighted by Gasteiger charge is 2.29. The molecular weight excluding hydrogens is 416 g/mol. The molecule has 1 amide bonds. The van der Waals surface area contributed by atoms with E-state index in [-0.39, 0.29) is 12.0 Å². The number of aryl methyl sites for hydroxylation is 2. The van der Waals surface area contributed by atoms with Crippen LogP contribution in [0.15, 0.2) is 41.4 Å². The smallest absolute Gasteiger partial charge is 0.237 e. The minimum absolute atomic E-state index is 0.0652. The van der Waals surface area contributed by atoms with E-state index < -0.39 is 0 Å². The Morgan fingerprint density at radius 2 is 1.97 bits per heavy atom. The fourth-order valence-electron chi connectivity index (χ4n) is 3.57. The first-order chi connectivity index (χ1) is 14.6. The van der Waals surface area contributed by atoms with Crippen molar-refractivity contribution in [2.24, 2.45) is 0 Å². The van der Waals surface area contributed by atoms with Gasteiger partial charge in [0.15, 0.2) is 0 Å². The van der Waals surface area contributed by atoms with E-state index >= 15 is 0 Å². The standard InChI is InChI=1S/C22H26N4O2S2/c1-16-5-8-29-21(16)12-25-10-20(28-14-18-3-6-23-7-4-18)11-26(22(27)13-25)9-19-15-30-17(2)24-19/h3-8,15,20H,9-14H2,1-2H3. The van der Waals surface area contributed by atoms with E-state index in [9.17, 15) is 4.79 Å². The van der Waals surface area contributed by atoms with Crippen LogP contribution in [0, 0.1) is 13.8 Å². The zero-order chi connectivity index (χ0) is 20.9. The second kappa shape index (κ2) is 9.78. The first-order valence-corrected chi connectivity index (χ1v) is 11.8. The molecule has 1 atom stereocenters. The van der Waals surface area contributed by atoms with Gasteiger partial charge in [-0.2, -0.15) is 0 Å². The molecule has 1 saturated heterocycles. The van der Waals surface area contributed by atoms with Crippen molar-refractivity contribution in [1.82, 2.24) is 19.8 Å². The van der Waals surface area contributed by atoms with E-state index in [1.54, 1.807) is 35.1 Å². The third kappa shape index (κ3) is 5.51. The van der Waals surface area contributed by atoms with E-state index in [2.05, 4.69) is 33.2 Å². The molecule has 3 aromatic heterocycles. The third-order valence-corrected chi connectivity index (χ3v) is 7.02. The van der Waals surface area contributed by atoms with Gasteiger partial charge in [0.2, 0.25) is 5.91 Å². The zero-order valence-electron chi connectivity index (χ0n) is 17.3. The quantitative estimate of drug-likeness (QED) is 0.559. The molecule has 0 radical (unpaired) electrons. The second-order valence-electron chi connectivity index (χ2n) is 7.62. The van der Waals surface area contributed by atoms with Gasteiger partial charge < -0.3 is 9.64 Å². The number of aromatic nitrogens is 2. The highest BCUT2D eigenvalue weighted by molar-refractivity contribution is 7.10. The molecule has 0 aromatic carbocycles. The van der Waals surface area contributed by atoms with E-state index in [0.29, 0.717) is 26.2 Å². The molecule has 0 saturated carbocycles. The average molecular weight is 443 g/mol. The van der Waals surface area contributed by atoms with Crippen molar-refractivity contribution in [3.63, 3.8) is 0 Å². The summed E-state index contributed by atoms with van der Waals surface area (Å²) in [5, 5.41) is 5.17.